The Hall–Kier alpha value is -0.840. The number of nitrogens with zero attached hydrogens (tertiary/aromatic N) is 1. The van der Waals surface area contributed by atoms with Crippen molar-refractivity contribution >= 4 is 0 Å². The first-order valence-electron chi connectivity index (χ1n) is 8.05. The van der Waals surface area contributed by atoms with Crippen molar-refractivity contribution in [2.24, 2.45) is 0 Å². The van der Waals surface area contributed by atoms with Crippen molar-refractivity contribution in [2.45, 2.75) is 64.8 Å². The van der Waals surface area contributed by atoms with E-state index >= 15 is 0 Å². The van der Waals surface area contributed by atoms with Crippen LogP contribution in [0, 0.1) is 0 Å². The highest BCUT2D eigenvalue weighted by molar-refractivity contribution is 5.06. The smallest absolute Gasteiger partial charge is 0.129 e. The lowest BCUT2D eigenvalue weighted by atomic mass is 10.0. The number of furan rings is 1. The fourth-order valence-corrected chi connectivity index (χ4v) is 2.60. The van der Waals surface area contributed by atoms with Crippen molar-refractivity contribution < 1.29 is 9.15 Å². The highest BCUT2D eigenvalue weighted by Gasteiger charge is 2.19. The lowest BCUT2D eigenvalue weighted by Gasteiger charge is -2.32. The van der Waals surface area contributed by atoms with Gasteiger partial charge in [-0.25, -0.2) is 0 Å². The second kappa shape index (κ2) is 7.43. The molecule has 2 rings (SSSR count). The molecule has 1 saturated heterocycles. The number of nitrogens with one attached hydrogen (secondary N) is 1. The minimum atomic E-state index is 0.106. The molecule has 0 amide bonds. The second-order valence-electron chi connectivity index (χ2n) is 7.12. The molecule has 0 aromatic carbocycles. The zero-order valence-electron chi connectivity index (χ0n) is 13.9. The van der Waals surface area contributed by atoms with Crippen LogP contribution in [-0.2, 0) is 17.9 Å². The largest absolute Gasteiger partial charge is 0.462 e. The Morgan fingerprint density at radius 1 is 1.29 bits per heavy atom. The van der Waals surface area contributed by atoms with Gasteiger partial charge in [0.1, 0.15) is 18.1 Å². The fourth-order valence-electron chi connectivity index (χ4n) is 2.60. The molecule has 1 fully saturated rings. The number of hydrogen-bond acceptors (Lipinski definition) is 4. The highest BCUT2D eigenvalue weighted by atomic mass is 16.5. The monoisotopic (exact) mass is 294 g/mol. The lowest BCUT2D eigenvalue weighted by Crippen LogP contribution is -2.39. The molecule has 2 heterocycles. The van der Waals surface area contributed by atoms with E-state index in [0.717, 1.165) is 24.7 Å². The zero-order valence-corrected chi connectivity index (χ0v) is 13.9. The predicted octanol–water partition coefficient (Wildman–Crippen LogP) is 3.17. The summed E-state index contributed by atoms with van der Waals surface area (Å²) in [6, 6.07) is 4.62. The van der Waals surface area contributed by atoms with E-state index in [-0.39, 0.29) is 5.54 Å². The summed E-state index contributed by atoms with van der Waals surface area (Å²) in [6.07, 6.45) is 3.88. The summed E-state index contributed by atoms with van der Waals surface area (Å²) < 4.78 is 11.6. The standard InChI is InChI=1S/C17H30N2O2/c1-17(2,3)18-11-15-8-9-16(21-15)13-20-12-14-7-5-6-10-19(14)4/h8-9,14,18H,5-7,10-13H2,1-4H3. The molecule has 1 unspecified atom stereocenters. The Balaban J connectivity index is 1.70. The minimum absolute atomic E-state index is 0.106. The van der Waals surface area contributed by atoms with E-state index in [1.807, 2.05) is 12.1 Å². The maximum absolute atomic E-state index is 5.83. The van der Waals surface area contributed by atoms with E-state index in [1.165, 1.54) is 25.8 Å². The van der Waals surface area contributed by atoms with Crippen LogP contribution in [0.3, 0.4) is 0 Å². The van der Waals surface area contributed by atoms with E-state index in [4.69, 9.17) is 9.15 Å². The van der Waals surface area contributed by atoms with Crippen LogP contribution in [-0.4, -0.2) is 36.7 Å². The number of hydrogen-bond donors (Lipinski definition) is 1. The molecule has 0 saturated carbocycles. The lowest BCUT2D eigenvalue weighted by molar-refractivity contribution is 0.0370. The third kappa shape index (κ3) is 5.81. The van der Waals surface area contributed by atoms with Crippen molar-refractivity contribution in [1.82, 2.24) is 10.2 Å². The normalized spacial score (nSPS) is 20.9. The molecule has 1 aliphatic heterocycles. The quantitative estimate of drug-likeness (QED) is 0.874. The van der Waals surface area contributed by atoms with Gasteiger partial charge in [0.15, 0.2) is 0 Å². The molecule has 0 spiro atoms. The Labute approximate surface area is 128 Å². The first-order chi connectivity index (χ1) is 9.94. The summed E-state index contributed by atoms with van der Waals surface area (Å²) in [5.41, 5.74) is 0.106. The fraction of sp³-hybridized carbons (Fsp3) is 0.765. The van der Waals surface area contributed by atoms with Crippen molar-refractivity contribution in [2.75, 3.05) is 20.2 Å². The van der Waals surface area contributed by atoms with Crippen molar-refractivity contribution in [3.63, 3.8) is 0 Å². The number of likely N-dealkylation sites (N-methyl/N-ethyl adjacent to an activating group) is 1. The molecule has 4 heteroatoms. The molecular formula is C17H30N2O2. The first kappa shape index (κ1) is 16.5. The summed E-state index contributed by atoms with van der Waals surface area (Å²) in [7, 11) is 2.19. The second-order valence-corrected chi connectivity index (χ2v) is 7.12. The van der Waals surface area contributed by atoms with E-state index < -0.39 is 0 Å². The number of ether oxygens (including phenoxy) is 1. The zero-order chi connectivity index (χ0) is 15.3. The van der Waals surface area contributed by atoms with Gasteiger partial charge < -0.3 is 19.4 Å². The molecule has 4 nitrogen and oxygen atoms in total. The van der Waals surface area contributed by atoms with Crippen LogP contribution in [0.1, 0.15) is 51.6 Å². The molecule has 0 bridgehead atoms. The van der Waals surface area contributed by atoms with E-state index in [0.29, 0.717) is 12.6 Å². The first-order valence-corrected chi connectivity index (χ1v) is 8.05. The van der Waals surface area contributed by atoms with Gasteiger partial charge in [-0.1, -0.05) is 6.42 Å². The number of likely N-dealkylation sites (tertiary alicyclic amines) is 1. The third-order valence-corrected chi connectivity index (χ3v) is 3.99. The maximum atomic E-state index is 5.83. The summed E-state index contributed by atoms with van der Waals surface area (Å²) in [4.78, 5) is 2.41. The Kier molecular flexibility index (Phi) is 5.85. The average molecular weight is 294 g/mol. The molecule has 1 N–H and O–H groups in total. The summed E-state index contributed by atoms with van der Waals surface area (Å²) >= 11 is 0. The van der Waals surface area contributed by atoms with Gasteiger partial charge in [-0.3, -0.25) is 0 Å². The van der Waals surface area contributed by atoms with Crippen LogP contribution in [0.4, 0.5) is 0 Å². The van der Waals surface area contributed by atoms with Crippen LogP contribution in [0.2, 0.25) is 0 Å². The summed E-state index contributed by atoms with van der Waals surface area (Å²) in [5.74, 6) is 1.89. The van der Waals surface area contributed by atoms with Crippen LogP contribution < -0.4 is 5.32 Å². The number of piperidine rings is 1. The Bertz CT molecular complexity index is 423. The molecule has 0 aliphatic carbocycles. The van der Waals surface area contributed by atoms with Gasteiger partial charge in [-0.15, -0.1) is 0 Å². The summed E-state index contributed by atoms with van der Waals surface area (Å²) in [6.45, 7) is 9.78. The van der Waals surface area contributed by atoms with Gasteiger partial charge in [0.05, 0.1) is 13.2 Å². The van der Waals surface area contributed by atoms with Gasteiger partial charge in [0.2, 0.25) is 0 Å². The molecule has 1 aliphatic rings. The van der Waals surface area contributed by atoms with Crippen molar-refractivity contribution in [3.8, 4) is 0 Å². The minimum Gasteiger partial charge on any atom is -0.462 e. The predicted molar refractivity (Wildman–Crippen MR) is 85.2 cm³/mol. The van der Waals surface area contributed by atoms with Crippen LogP contribution in [0.25, 0.3) is 0 Å². The average Bonchev–Trinajstić information content (AvgIpc) is 2.86. The molecule has 1 aromatic rings. The topological polar surface area (TPSA) is 37.6 Å². The van der Waals surface area contributed by atoms with Crippen molar-refractivity contribution in [3.05, 3.63) is 23.7 Å². The molecule has 120 valence electrons. The number of rotatable bonds is 6. The Morgan fingerprint density at radius 2 is 2.05 bits per heavy atom. The van der Waals surface area contributed by atoms with Gasteiger partial charge in [-0.05, 0) is 59.3 Å². The van der Waals surface area contributed by atoms with E-state index in [9.17, 15) is 0 Å². The van der Waals surface area contributed by atoms with E-state index in [2.05, 4.69) is 38.0 Å². The summed E-state index contributed by atoms with van der Waals surface area (Å²) in [5, 5.41) is 3.42. The molecule has 21 heavy (non-hydrogen) atoms. The maximum Gasteiger partial charge on any atom is 0.129 e. The third-order valence-electron chi connectivity index (χ3n) is 3.99. The molecule has 1 atom stereocenters. The Morgan fingerprint density at radius 3 is 2.76 bits per heavy atom. The van der Waals surface area contributed by atoms with Crippen molar-refractivity contribution in [1.29, 1.82) is 0 Å². The van der Waals surface area contributed by atoms with Gasteiger partial charge >= 0.3 is 0 Å². The van der Waals surface area contributed by atoms with Crippen LogP contribution in [0.5, 0.6) is 0 Å². The van der Waals surface area contributed by atoms with Gasteiger partial charge in [-0.2, -0.15) is 0 Å². The highest BCUT2D eigenvalue weighted by Crippen LogP contribution is 2.16. The molecular weight excluding hydrogens is 264 g/mol. The van der Waals surface area contributed by atoms with Crippen LogP contribution in [0.15, 0.2) is 16.5 Å². The SMILES string of the molecule is CN1CCCCC1COCc1ccc(CNC(C)(C)C)o1. The molecule has 0 radical (unpaired) electrons. The van der Waals surface area contributed by atoms with Gasteiger partial charge in [0, 0.05) is 11.6 Å². The van der Waals surface area contributed by atoms with Gasteiger partial charge in [0.25, 0.3) is 0 Å². The molecule has 1 aromatic heterocycles. The van der Waals surface area contributed by atoms with E-state index in [1.54, 1.807) is 0 Å². The van der Waals surface area contributed by atoms with Crippen LogP contribution >= 0.6 is 0 Å².